The Morgan fingerprint density at radius 1 is 1.00 bits per heavy atom. The Kier molecular flexibility index (Phi) is 4.68. The van der Waals surface area contributed by atoms with Crippen molar-refractivity contribution < 1.29 is 10.2 Å². The highest BCUT2D eigenvalue weighted by Crippen LogP contribution is 2.47. The van der Waals surface area contributed by atoms with Gasteiger partial charge in [-0.3, -0.25) is 4.90 Å². The molecule has 25 heavy (non-hydrogen) atoms. The minimum absolute atomic E-state index is 0.0369. The fourth-order valence-electron chi connectivity index (χ4n) is 5.34. The average Bonchev–Trinajstić information content (AvgIpc) is 2.56. The molecular weight excluding hydrogens is 310 g/mol. The fraction of sp³-hybridized carbons (Fsp3) is 0.727. The molecule has 1 aromatic rings. The number of hydrogen-bond donors (Lipinski definition) is 2. The molecule has 0 amide bonds. The largest absolute Gasteiger partial charge is 0.387 e. The van der Waals surface area contributed by atoms with E-state index in [4.69, 9.17) is 0 Å². The van der Waals surface area contributed by atoms with Crippen LogP contribution in [0.25, 0.3) is 0 Å². The molecule has 3 aliphatic rings. The van der Waals surface area contributed by atoms with E-state index in [9.17, 15) is 10.2 Å². The van der Waals surface area contributed by atoms with Crippen molar-refractivity contribution in [3.05, 3.63) is 35.4 Å². The molecule has 2 aliphatic carbocycles. The molecule has 3 heteroatoms. The first kappa shape index (κ1) is 17.5. The minimum atomic E-state index is -0.960. The number of hydrogen-bond acceptors (Lipinski definition) is 3. The molecule has 1 aromatic carbocycles. The highest BCUT2D eigenvalue weighted by Gasteiger charge is 2.59. The molecule has 4 rings (SSSR count). The lowest BCUT2D eigenvalue weighted by atomic mass is 9.62. The standard InChI is InChI=1S/C22H33NO2/c1-17-7-9-18(10-8-17)15-20-22(25)12-3-2-11-21(22,24)13-14-23(20)16-19-5-4-6-19/h7-10,19-20,24-25H,2-6,11-16H2,1H3/t20-,21+,22+/m0/s1. The lowest BCUT2D eigenvalue weighted by molar-refractivity contribution is -0.236. The Morgan fingerprint density at radius 2 is 1.72 bits per heavy atom. The second-order valence-electron chi connectivity index (χ2n) is 8.91. The minimum Gasteiger partial charge on any atom is -0.387 e. The number of likely N-dealkylation sites (tertiary alicyclic amines) is 1. The number of aliphatic hydroxyl groups is 2. The van der Waals surface area contributed by atoms with Crippen LogP contribution >= 0.6 is 0 Å². The Labute approximate surface area is 152 Å². The van der Waals surface area contributed by atoms with Crippen molar-refractivity contribution >= 4 is 0 Å². The van der Waals surface area contributed by atoms with Crippen LogP contribution < -0.4 is 0 Å². The van der Waals surface area contributed by atoms with E-state index >= 15 is 0 Å². The van der Waals surface area contributed by atoms with E-state index in [-0.39, 0.29) is 6.04 Å². The van der Waals surface area contributed by atoms with Gasteiger partial charge < -0.3 is 10.2 Å². The fourth-order valence-corrected chi connectivity index (χ4v) is 5.34. The van der Waals surface area contributed by atoms with Crippen LogP contribution in [0.4, 0.5) is 0 Å². The van der Waals surface area contributed by atoms with Gasteiger partial charge in [0.25, 0.3) is 0 Å². The normalized spacial score (nSPS) is 36.7. The summed E-state index contributed by atoms with van der Waals surface area (Å²) in [5.74, 6) is 0.791. The van der Waals surface area contributed by atoms with E-state index in [0.29, 0.717) is 0 Å². The Morgan fingerprint density at radius 3 is 2.40 bits per heavy atom. The highest BCUT2D eigenvalue weighted by atomic mass is 16.4. The molecule has 3 atom stereocenters. The zero-order chi connectivity index (χ0) is 17.5. The smallest absolute Gasteiger partial charge is 0.109 e. The molecule has 2 N–H and O–H groups in total. The molecule has 0 bridgehead atoms. The van der Waals surface area contributed by atoms with Crippen molar-refractivity contribution in [1.29, 1.82) is 0 Å². The molecule has 1 saturated heterocycles. The predicted octanol–water partition coefficient (Wildman–Crippen LogP) is 3.45. The quantitative estimate of drug-likeness (QED) is 0.880. The van der Waals surface area contributed by atoms with Crippen LogP contribution in [0.1, 0.15) is 62.5 Å². The summed E-state index contributed by atoms with van der Waals surface area (Å²) in [6.45, 7) is 4.13. The maximum atomic E-state index is 11.7. The maximum absolute atomic E-state index is 11.7. The van der Waals surface area contributed by atoms with Gasteiger partial charge in [-0.2, -0.15) is 0 Å². The molecule has 2 saturated carbocycles. The summed E-state index contributed by atoms with van der Waals surface area (Å²) in [4.78, 5) is 2.52. The molecular formula is C22H33NO2. The van der Waals surface area contributed by atoms with Gasteiger partial charge in [0.15, 0.2) is 0 Å². The van der Waals surface area contributed by atoms with Crippen LogP contribution in [0.5, 0.6) is 0 Å². The van der Waals surface area contributed by atoms with Gasteiger partial charge in [-0.1, -0.05) is 49.1 Å². The average molecular weight is 344 g/mol. The van der Waals surface area contributed by atoms with Crippen molar-refractivity contribution in [2.24, 2.45) is 5.92 Å². The first-order chi connectivity index (χ1) is 12.0. The summed E-state index contributed by atoms with van der Waals surface area (Å²) in [5.41, 5.74) is 0.693. The summed E-state index contributed by atoms with van der Waals surface area (Å²) in [7, 11) is 0. The van der Waals surface area contributed by atoms with Crippen LogP contribution in [0.2, 0.25) is 0 Å². The number of rotatable bonds is 4. The third-order valence-corrected chi connectivity index (χ3v) is 7.28. The predicted molar refractivity (Wildman–Crippen MR) is 101 cm³/mol. The van der Waals surface area contributed by atoms with Crippen molar-refractivity contribution in [3.63, 3.8) is 0 Å². The zero-order valence-corrected chi connectivity index (χ0v) is 15.6. The van der Waals surface area contributed by atoms with E-state index in [1.807, 2.05) is 0 Å². The molecule has 1 heterocycles. The van der Waals surface area contributed by atoms with Crippen LogP contribution in [0.3, 0.4) is 0 Å². The van der Waals surface area contributed by atoms with Crippen LogP contribution in [-0.4, -0.2) is 45.4 Å². The highest BCUT2D eigenvalue weighted by molar-refractivity contribution is 5.24. The number of fused-ring (bicyclic) bond motifs is 1. The summed E-state index contributed by atoms with van der Waals surface area (Å²) < 4.78 is 0. The first-order valence-corrected chi connectivity index (χ1v) is 10.2. The van der Waals surface area contributed by atoms with Crippen LogP contribution in [-0.2, 0) is 6.42 Å². The summed E-state index contributed by atoms with van der Waals surface area (Å²) in [6.07, 6.45) is 9.14. The van der Waals surface area contributed by atoms with Crippen molar-refractivity contribution in [2.75, 3.05) is 13.1 Å². The summed E-state index contributed by atoms with van der Waals surface area (Å²) in [6, 6.07) is 8.74. The van der Waals surface area contributed by atoms with E-state index in [2.05, 4.69) is 36.1 Å². The molecule has 3 fully saturated rings. The van der Waals surface area contributed by atoms with Crippen LogP contribution in [0.15, 0.2) is 24.3 Å². The SMILES string of the molecule is Cc1ccc(C[C@@H]2N(CC3CCC3)CC[C@]3(O)CCCC[C@@]23O)cc1. The molecule has 3 nitrogen and oxygen atoms in total. The van der Waals surface area contributed by atoms with Gasteiger partial charge in [-0.25, -0.2) is 0 Å². The lowest BCUT2D eigenvalue weighted by Crippen LogP contribution is -2.72. The number of benzene rings is 1. The van der Waals surface area contributed by atoms with Crippen molar-refractivity contribution in [3.8, 4) is 0 Å². The van der Waals surface area contributed by atoms with E-state index in [1.54, 1.807) is 0 Å². The van der Waals surface area contributed by atoms with Gasteiger partial charge in [-0.05, 0) is 56.9 Å². The first-order valence-electron chi connectivity index (χ1n) is 10.2. The van der Waals surface area contributed by atoms with Gasteiger partial charge >= 0.3 is 0 Å². The molecule has 0 spiro atoms. The maximum Gasteiger partial charge on any atom is 0.109 e. The van der Waals surface area contributed by atoms with Gasteiger partial charge in [-0.15, -0.1) is 0 Å². The van der Waals surface area contributed by atoms with Crippen molar-refractivity contribution in [1.82, 2.24) is 4.90 Å². The van der Waals surface area contributed by atoms with E-state index < -0.39 is 11.2 Å². The molecule has 0 unspecified atom stereocenters. The summed E-state index contributed by atoms with van der Waals surface area (Å²) >= 11 is 0. The number of piperidine rings is 1. The third kappa shape index (κ3) is 3.15. The topological polar surface area (TPSA) is 43.7 Å². The molecule has 138 valence electrons. The van der Waals surface area contributed by atoms with Crippen molar-refractivity contribution in [2.45, 2.75) is 82.0 Å². The molecule has 0 radical (unpaired) electrons. The van der Waals surface area contributed by atoms with E-state index in [0.717, 1.165) is 57.5 Å². The van der Waals surface area contributed by atoms with Gasteiger partial charge in [0.2, 0.25) is 0 Å². The van der Waals surface area contributed by atoms with Crippen LogP contribution in [0, 0.1) is 12.8 Å². The van der Waals surface area contributed by atoms with E-state index in [1.165, 1.54) is 30.4 Å². The summed E-state index contributed by atoms with van der Waals surface area (Å²) in [5, 5.41) is 23.0. The second kappa shape index (κ2) is 6.68. The monoisotopic (exact) mass is 343 g/mol. The van der Waals surface area contributed by atoms with Gasteiger partial charge in [0.1, 0.15) is 5.60 Å². The molecule has 1 aliphatic heterocycles. The lowest BCUT2D eigenvalue weighted by Gasteiger charge is -2.58. The number of nitrogens with zero attached hydrogens (tertiary/aromatic N) is 1. The molecule has 0 aromatic heterocycles. The Hall–Kier alpha value is -0.900. The van der Waals surface area contributed by atoms with Gasteiger partial charge in [0.05, 0.1) is 5.60 Å². The number of aryl methyl sites for hydroxylation is 1. The Bertz CT molecular complexity index is 597. The van der Waals surface area contributed by atoms with Gasteiger partial charge in [0, 0.05) is 19.1 Å². The zero-order valence-electron chi connectivity index (χ0n) is 15.6. The second-order valence-corrected chi connectivity index (χ2v) is 8.91. The Balaban J connectivity index is 1.62. The third-order valence-electron chi connectivity index (χ3n) is 7.28.